The van der Waals surface area contributed by atoms with Gasteiger partial charge in [0.1, 0.15) is 23.1 Å². The molecule has 0 atom stereocenters. The van der Waals surface area contributed by atoms with E-state index in [4.69, 9.17) is 4.74 Å². The van der Waals surface area contributed by atoms with Gasteiger partial charge in [-0.3, -0.25) is 4.79 Å². The molecule has 0 spiro atoms. The molecule has 3 rings (SSSR count). The number of hydrogen-bond donors (Lipinski definition) is 1. The summed E-state index contributed by atoms with van der Waals surface area (Å²) in [5.74, 6) is 2.19. The van der Waals surface area contributed by atoms with E-state index in [9.17, 15) is 4.79 Å². The number of carbonyl (C=O) groups is 1. The summed E-state index contributed by atoms with van der Waals surface area (Å²) in [5, 5.41) is 3.32. The van der Waals surface area contributed by atoms with Crippen LogP contribution >= 0.6 is 0 Å². The minimum absolute atomic E-state index is 0.0144. The SMILES string of the molecule is COc1ccc(CCNc2cc(C(=O)N3CCCCCC3)nc(C)n2)cc1. The molecule has 1 amide bonds. The predicted molar refractivity (Wildman–Crippen MR) is 106 cm³/mol. The van der Waals surface area contributed by atoms with E-state index in [-0.39, 0.29) is 5.91 Å². The first-order chi connectivity index (χ1) is 13.2. The number of likely N-dealkylation sites (tertiary alicyclic amines) is 1. The number of anilines is 1. The third kappa shape index (κ3) is 5.42. The fraction of sp³-hybridized carbons (Fsp3) is 0.476. The topological polar surface area (TPSA) is 67.3 Å². The molecule has 6 heteroatoms. The summed E-state index contributed by atoms with van der Waals surface area (Å²) in [6.45, 7) is 4.21. The van der Waals surface area contributed by atoms with Crippen molar-refractivity contribution >= 4 is 11.7 Å². The molecule has 1 aliphatic rings. The summed E-state index contributed by atoms with van der Waals surface area (Å²) in [7, 11) is 1.67. The Balaban J connectivity index is 1.61. The van der Waals surface area contributed by atoms with Gasteiger partial charge in [0.2, 0.25) is 0 Å². The van der Waals surface area contributed by atoms with Crippen LogP contribution < -0.4 is 10.1 Å². The Labute approximate surface area is 161 Å². The van der Waals surface area contributed by atoms with Crippen molar-refractivity contribution in [2.24, 2.45) is 0 Å². The molecule has 0 bridgehead atoms. The second-order valence-electron chi connectivity index (χ2n) is 6.92. The Kier molecular flexibility index (Phi) is 6.63. The summed E-state index contributed by atoms with van der Waals surface area (Å²) in [6, 6.07) is 9.80. The van der Waals surface area contributed by atoms with Crippen LogP contribution in [0.25, 0.3) is 0 Å². The number of methoxy groups -OCH3 is 1. The lowest BCUT2D eigenvalue weighted by molar-refractivity contribution is 0.0755. The van der Waals surface area contributed by atoms with Gasteiger partial charge in [-0.2, -0.15) is 0 Å². The molecule has 27 heavy (non-hydrogen) atoms. The lowest BCUT2D eigenvalue weighted by Crippen LogP contribution is -2.32. The number of aromatic nitrogens is 2. The van der Waals surface area contributed by atoms with E-state index in [0.29, 0.717) is 17.3 Å². The fourth-order valence-corrected chi connectivity index (χ4v) is 3.33. The number of aryl methyl sites for hydroxylation is 1. The lowest BCUT2D eigenvalue weighted by atomic mass is 10.1. The monoisotopic (exact) mass is 368 g/mol. The number of carbonyl (C=O) groups excluding carboxylic acids is 1. The molecular formula is C21H28N4O2. The van der Waals surface area contributed by atoms with E-state index in [1.807, 2.05) is 24.0 Å². The van der Waals surface area contributed by atoms with Crippen LogP contribution in [0.3, 0.4) is 0 Å². The van der Waals surface area contributed by atoms with Gasteiger partial charge in [-0.05, 0) is 43.9 Å². The van der Waals surface area contributed by atoms with E-state index in [1.165, 1.54) is 18.4 Å². The van der Waals surface area contributed by atoms with Gasteiger partial charge < -0.3 is 15.0 Å². The Hall–Kier alpha value is -2.63. The first-order valence-electron chi connectivity index (χ1n) is 9.67. The van der Waals surface area contributed by atoms with Crippen molar-refractivity contribution in [2.75, 3.05) is 32.1 Å². The Morgan fingerprint density at radius 2 is 1.81 bits per heavy atom. The second-order valence-corrected chi connectivity index (χ2v) is 6.92. The van der Waals surface area contributed by atoms with E-state index in [0.717, 1.165) is 44.6 Å². The highest BCUT2D eigenvalue weighted by molar-refractivity contribution is 5.93. The van der Waals surface area contributed by atoms with E-state index in [1.54, 1.807) is 13.2 Å². The quantitative estimate of drug-likeness (QED) is 0.846. The molecule has 2 heterocycles. The Morgan fingerprint density at radius 1 is 1.11 bits per heavy atom. The van der Waals surface area contributed by atoms with Crippen LogP contribution in [0.1, 0.15) is 47.6 Å². The van der Waals surface area contributed by atoms with Crippen molar-refractivity contribution in [3.05, 3.63) is 47.4 Å². The van der Waals surface area contributed by atoms with Crippen LogP contribution in [0, 0.1) is 6.92 Å². The van der Waals surface area contributed by atoms with Gasteiger partial charge in [-0.1, -0.05) is 25.0 Å². The molecule has 1 aromatic heterocycles. The zero-order valence-corrected chi connectivity index (χ0v) is 16.2. The number of amides is 1. The number of ether oxygens (including phenoxy) is 1. The van der Waals surface area contributed by atoms with Gasteiger partial charge in [0.15, 0.2) is 0 Å². The zero-order valence-electron chi connectivity index (χ0n) is 16.2. The smallest absolute Gasteiger partial charge is 0.272 e. The summed E-state index contributed by atoms with van der Waals surface area (Å²) in [5.41, 5.74) is 1.70. The van der Waals surface area contributed by atoms with Crippen LogP contribution in [0.4, 0.5) is 5.82 Å². The fourth-order valence-electron chi connectivity index (χ4n) is 3.33. The van der Waals surface area contributed by atoms with Crippen molar-refractivity contribution < 1.29 is 9.53 Å². The highest BCUT2D eigenvalue weighted by Gasteiger charge is 2.19. The molecule has 1 aliphatic heterocycles. The van der Waals surface area contributed by atoms with E-state index in [2.05, 4.69) is 27.4 Å². The van der Waals surface area contributed by atoms with Crippen LogP contribution in [-0.2, 0) is 6.42 Å². The van der Waals surface area contributed by atoms with Crippen LogP contribution in [0.5, 0.6) is 5.75 Å². The van der Waals surface area contributed by atoms with Crippen molar-refractivity contribution in [3.63, 3.8) is 0 Å². The first-order valence-corrected chi connectivity index (χ1v) is 9.67. The van der Waals surface area contributed by atoms with Crippen molar-refractivity contribution in [1.29, 1.82) is 0 Å². The molecule has 1 aromatic carbocycles. The minimum Gasteiger partial charge on any atom is -0.497 e. The van der Waals surface area contributed by atoms with Gasteiger partial charge in [0, 0.05) is 25.7 Å². The highest BCUT2D eigenvalue weighted by Crippen LogP contribution is 2.15. The summed E-state index contributed by atoms with van der Waals surface area (Å²) < 4.78 is 5.18. The third-order valence-electron chi connectivity index (χ3n) is 4.83. The maximum absolute atomic E-state index is 12.8. The average Bonchev–Trinajstić information content (AvgIpc) is 2.97. The molecule has 144 valence electrons. The lowest BCUT2D eigenvalue weighted by Gasteiger charge is -2.20. The minimum atomic E-state index is 0.0144. The molecule has 0 unspecified atom stereocenters. The van der Waals surface area contributed by atoms with Gasteiger partial charge in [0.25, 0.3) is 5.91 Å². The van der Waals surface area contributed by atoms with Gasteiger partial charge >= 0.3 is 0 Å². The number of rotatable bonds is 6. The number of nitrogens with one attached hydrogen (secondary N) is 1. The molecule has 0 aliphatic carbocycles. The zero-order chi connectivity index (χ0) is 19.1. The van der Waals surface area contributed by atoms with Crippen LogP contribution in [0.15, 0.2) is 30.3 Å². The van der Waals surface area contributed by atoms with Gasteiger partial charge in [0.05, 0.1) is 7.11 Å². The third-order valence-corrected chi connectivity index (χ3v) is 4.83. The molecule has 1 fully saturated rings. The summed E-state index contributed by atoms with van der Waals surface area (Å²) in [4.78, 5) is 23.5. The highest BCUT2D eigenvalue weighted by atomic mass is 16.5. The second kappa shape index (κ2) is 9.35. The molecule has 2 aromatic rings. The average molecular weight is 368 g/mol. The van der Waals surface area contributed by atoms with Crippen molar-refractivity contribution in [1.82, 2.24) is 14.9 Å². The molecule has 1 saturated heterocycles. The van der Waals surface area contributed by atoms with Crippen LogP contribution in [0.2, 0.25) is 0 Å². The van der Waals surface area contributed by atoms with Crippen molar-refractivity contribution in [2.45, 2.75) is 39.0 Å². The molecule has 6 nitrogen and oxygen atoms in total. The maximum atomic E-state index is 12.8. The largest absolute Gasteiger partial charge is 0.497 e. The standard InChI is InChI=1S/C21H28N4O2/c1-16-23-19(21(26)25-13-5-3-4-6-14-25)15-20(24-16)22-12-11-17-7-9-18(27-2)10-8-17/h7-10,15H,3-6,11-14H2,1-2H3,(H,22,23,24). The normalized spacial score (nSPS) is 14.5. The number of nitrogens with zero attached hydrogens (tertiary/aromatic N) is 3. The van der Waals surface area contributed by atoms with Gasteiger partial charge in [-0.25, -0.2) is 9.97 Å². The van der Waals surface area contributed by atoms with Crippen molar-refractivity contribution in [3.8, 4) is 5.75 Å². The molecular weight excluding hydrogens is 340 g/mol. The van der Waals surface area contributed by atoms with E-state index >= 15 is 0 Å². The maximum Gasteiger partial charge on any atom is 0.272 e. The predicted octanol–water partition coefficient (Wildman–Crippen LogP) is 3.46. The number of benzene rings is 1. The number of hydrogen-bond acceptors (Lipinski definition) is 5. The van der Waals surface area contributed by atoms with E-state index < -0.39 is 0 Å². The Morgan fingerprint density at radius 3 is 2.48 bits per heavy atom. The molecule has 0 saturated carbocycles. The summed E-state index contributed by atoms with van der Waals surface area (Å²) in [6.07, 6.45) is 5.41. The Bertz CT molecular complexity index is 753. The molecule has 0 radical (unpaired) electrons. The van der Waals surface area contributed by atoms with Crippen LogP contribution in [-0.4, -0.2) is 47.5 Å². The molecule has 1 N–H and O–H groups in total. The van der Waals surface area contributed by atoms with Gasteiger partial charge in [-0.15, -0.1) is 0 Å². The first kappa shape index (κ1) is 19.1. The summed E-state index contributed by atoms with van der Waals surface area (Å²) >= 11 is 0.